The van der Waals surface area contributed by atoms with Crippen LogP contribution in [0.2, 0.25) is 0 Å². The quantitative estimate of drug-likeness (QED) is 0.291. The van der Waals surface area contributed by atoms with Gasteiger partial charge in [0.1, 0.15) is 0 Å². The largest absolute Gasteiger partial charge is 0.290 e. The molecule has 4 rings (SSSR count). The van der Waals surface area contributed by atoms with Gasteiger partial charge in [0.2, 0.25) is 0 Å². The third kappa shape index (κ3) is 4.18. The number of H-pyrrole nitrogens is 1. The third-order valence-electron chi connectivity index (χ3n) is 4.86. The van der Waals surface area contributed by atoms with E-state index in [4.69, 9.17) is 0 Å². The fraction of sp³-hybridized carbons (Fsp3) is 0.0870. The summed E-state index contributed by atoms with van der Waals surface area (Å²) < 4.78 is 1.38. The second kappa shape index (κ2) is 8.58. The summed E-state index contributed by atoms with van der Waals surface area (Å²) in [5.74, 6) is 0. The number of nitrogens with one attached hydrogen (secondary N) is 1. The van der Waals surface area contributed by atoms with E-state index in [1.807, 2.05) is 42.5 Å². The minimum Gasteiger partial charge on any atom is -0.290 e. The number of rotatable bonds is 6. The number of aromatic nitrogens is 3. The van der Waals surface area contributed by atoms with Crippen LogP contribution in [0.3, 0.4) is 0 Å². The molecular formula is C23H19N5O3. The summed E-state index contributed by atoms with van der Waals surface area (Å²) >= 11 is 0. The minimum atomic E-state index is -0.475. The lowest BCUT2D eigenvalue weighted by molar-refractivity contribution is -0.384. The molecule has 31 heavy (non-hydrogen) atoms. The fourth-order valence-corrected chi connectivity index (χ4v) is 3.27. The van der Waals surface area contributed by atoms with Gasteiger partial charge in [-0.05, 0) is 30.7 Å². The molecule has 0 unspecified atom stereocenters. The Morgan fingerprint density at radius 2 is 1.84 bits per heavy atom. The van der Waals surface area contributed by atoms with Crippen molar-refractivity contribution in [3.05, 3.63) is 111 Å². The first kappa shape index (κ1) is 20.0. The van der Waals surface area contributed by atoms with Crippen LogP contribution in [-0.4, -0.2) is 25.4 Å². The highest BCUT2D eigenvalue weighted by Crippen LogP contribution is 2.22. The van der Waals surface area contributed by atoms with E-state index in [-0.39, 0.29) is 11.2 Å². The maximum absolute atomic E-state index is 13.3. The van der Waals surface area contributed by atoms with Gasteiger partial charge in [-0.15, -0.1) is 0 Å². The van der Waals surface area contributed by atoms with Crippen molar-refractivity contribution >= 4 is 11.4 Å². The van der Waals surface area contributed by atoms with Gasteiger partial charge >= 0.3 is 0 Å². The molecule has 8 heteroatoms. The lowest BCUT2D eigenvalue weighted by Gasteiger charge is -2.03. The van der Waals surface area contributed by atoms with Gasteiger partial charge in [0.15, 0.2) is 0 Å². The van der Waals surface area contributed by atoms with Gasteiger partial charge < -0.3 is 0 Å². The molecule has 8 nitrogen and oxygen atoms in total. The number of hydrogen-bond donors (Lipinski definition) is 1. The van der Waals surface area contributed by atoms with Crippen molar-refractivity contribution in [3.8, 4) is 16.9 Å². The van der Waals surface area contributed by atoms with Crippen LogP contribution in [0, 0.1) is 10.1 Å². The molecule has 0 aliphatic carbocycles. The Morgan fingerprint density at radius 1 is 1.10 bits per heavy atom. The summed E-state index contributed by atoms with van der Waals surface area (Å²) in [6.07, 6.45) is 3.43. The van der Waals surface area contributed by atoms with Crippen molar-refractivity contribution < 1.29 is 4.92 Å². The Kier molecular flexibility index (Phi) is 5.53. The third-order valence-corrected chi connectivity index (χ3v) is 4.86. The Hall–Kier alpha value is -4.33. The molecule has 2 aromatic heterocycles. The molecule has 2 aromatic carbocycles. The summed E-state index contributed by atoms with van der Waals surface area (Å²) in [4.78, 5) is 32.5. The molecule has 0 spiro atoms. The summed E-state index contributed by atoms with van der Waals surface area (Å²) in [5, 5.41) is 14.1. The molecule has 2 heterocycles. The Morgan fingerprint density at radius 3 is 2.48 bits per heavy atom. The molecule has 0 aliphatic heterocycles. The molecule has 0 radical (unpaired) electrons. The molecule has 0 fully saturated rings. The predicted molar refractivity (Wildman–Crippen MR) is 119 cm³/mol. The van der Waals surface area contributed by atoms with Crippen LogP contribution >= 0.6 is 0 Å². The SMILES string of the molecule is CC(=NCc1cccnc1)c1c(-c2ccccc2)[nH]n(-c2ccc([N+](=O)[O-])cc2)c1=O. The highest BCUT2D eigenvalue weighted by Gasteiger charge is 2.19. The molecule has 4 aromatic rings. The van der Waals surface area contributed by atoms with Crippen LogP contribution in [0.25, 0.3) is 16.9 Å². The van der Waals surface area contributed by atoms with Gasteiger partial charge in [-0.2, -0.15) is 0 Å². The van der Waals surface area contributed by atoms with Crippen LogP contribution in [0.15, 0.2) is 88.9 Å². The van der Waals surface area contributed by atoms with Crippen LogP contribution in [0.1, 0.15) is 18.1 Å². The van der Waals surface area contributed by atoms with Crippen LogP contribution < -0.4 is 5.56 Å². The van der Waals surface area contributed by atoms with E-state index in [1.54, 1.807) is 19.3 Å². The Bertz CT molecular complexity index is 1290. The zero-order valence-electron chi connectivity index (χ0n) is 16.7. The smallest absolute Gasteiger partial charge is 0.280 e. The Balaban J connectivity index is 1.81. The normalized spacial score (nSPS) is 11.5. The van der Waals surface area contributed by atoms with Gasteiger partial charge in [-0.3, -0.25) is 30.0 Å². The summed E-state index contributed by atoms with van der Waals surface area (Å²) in [6.45, 7) is 2.20. The number of nitrogens with zero attached hydrogens (tertiary/aromatic N) is 4. The van der Waals surface area contributed by atoms with Crippen molar-refractivity contribution in [1.82, 2.24) is 14.8 Å². The molecule has 0 saturated heterocycles. The van der Waals surface area contributed by atoms with E-state index in [1.165, 1.54) is 28.9 Å². The zero-order chi connectivity index (χ0) is 21.8. The monoisotopic (exact) mass is 413 g/mol. The van der Waals surface area contributed by atoms with Crippen molar-refractivity contribution in [1.29, 1.82) is 0 Å². The molecule has 0 bridgehead atoms. The first-order valence-corrected chi connectivity index (χ1v) is 9.60. The Labute approximate surface area is 177 Å². The van der Waals surface area contributed by atoms with Gasteiger partial charge in [0.25, 0.3) is 11.2 Å². The van der Waals surface area contributed by atoms with Crippen molar-refractivity contribution in [2.75, 3.05) is 0 Å². The first-order valence-electron chi connectivity index (χ1n) is 9.60. The molecule has 0 aliphatic rings. The standard InChI is InChI=1S/C23H19N5O3/c1-16(25-15-17-6-5-13-24-14-17)21-22(18-7-3-2-4-8-18)26-27(23(21)29)19-9-11-20(12-10-19)28(30)31/h2-14,26H,15H2,1H3. The predicted octanol–water partition coefficient (Wildman–Crippen LogP) is 4.15. The molecule has 1 N–H and O–H groups in total. The van der Waals surface area contributed by atoms with Crippen molar-refractivity contribution in [3.63, 3.8) is 0 Å². The molecule has 0 atom stereocenters. The summed E-state index contributed by atoms with van der Waals surface area (Å²) in [5.41, 5.74) is 3.63. The number of aliphatic imine (C=N–C) groups is 1. The van der Waals surface area contributed by atoms with Crippen molar-refractivity contribution in [2.45, 2.75) is 13.5 Å². The van der Waals surface area contributed by atoms with E-state index in [2.05, 4.69) is 15.1 Å². The van der Waals surface area contributed by atoms with Gasteiger partial charge in [0.05, 0.1) is 28.4 Å². The number of hydrogen-bond acceptors (Lipinski definition) is 5. The van der Waals surface area contributed by atoms with Gasteiger partial charge in [0, 0.05) is 35.8 Å². The fourth-order valence-electron chi connectivity index (χ4n) is 3.27. The number of aromatic amines is 1. The van der Waals surface area contributed by atoms with E-state index < -0.39 is 4.92 Å². The average molecular weight is 413 g/mol. The van der Waals surface area contributed by atoms with Crippen LogP contribution in [0.4, 0.5) is 5.69 Å². The molecule has 0 amide bonds. The second-order valence-corrected chi connectivity index (χ2v) is 6.90. The maximum atomic E-state index is 13.3. The van der Waals surface area contributed by atoms with Crippen molar-refractivity contribution in [2.24, 2.45) is 4.99 Å². The molecular weight excluding hydrogens is 394 g/mol. The zero-order valence-corrected chi connectivity index (χ0v) is 16.7. The topological polar surface area (TPSA) is 106 Å². The van der Waals surface area contributed by atoms with E-state index in [9.17, 15) is 14.9 Å². The van der Waals surface area contributed by atoms with E-state index in [0.29, 0.717) is 29.2 Å². The van der Waals surface area contributed by atoms with Gasteiger partial charge in [-0.25, -0.2) is 4.68 Å². The van der Waals surface area contributed by atoms with Crippen LogP contribution in [0.5, 0.6) is 0 Å². The number of non-ortho nitro benzene ring substituents is 1. The van der Waals surface area contributed by atoms with E-state index >= 15 is 0 Å². The highest BCUT2D eigenvalue weighted by molar-refractivity contribution is 6.03. The minimum absolute atomic E-state index is 0.0407. The molecule has 154 valence electrons. The van der Waals surface area contributed by atoms with Gasteiger partial charge in [-0.1, -0.05) is 36.4 Å². The lowest BCUT2D eigenvalue weighted by Crippen LogP contribution is -2.19. The summed E-state index contributed by atoms with van der Waals surface area (Å²) in [7, 11) is 0. The summed E-state index contributed by atoms with van der Waals surface area (Å²) in [6, 6.07) is 19.1. The van der Waals surface area contributed by atoms with E-state index in [0.717, 1.165) is 11.1 Å². The molecule has 0 saturated carbocycles. The first-order chi connectivity index (χ1) is 15.0. The lowest BCUT2D eigenvalue weighted by atomic mass is 10.1. The second-order valence-electron chi connectivity index (χ2n) is 6.90. The average Bonchev–Trinajstić information content (AvgIpc) is 3.16. The number of nitro groups is 1. The van der Waals surface area contributed by atoms with Crippen LogP contribution in [-0.2, 0) is 6.54 Å². The number of benzene rings is 2. The number of nitro benzene ring substituents is 1. The highest BCUT2D eigenvalue weighted by atomic mass is 16.6. The maximum Gasteiger partial charge on any atom is 0.280 e. The number of pyridine rings is 1.